The van der Waals surface area contributed by atoms with Crippen LogP contribution in [0.2, 0.25) is 0 Å². The van der Waals surface area contributed by atoms with Gasteiger partial charge in [-0.2, -0.15) is 0 Å². The van der Waals surface area contributed by atoms with Gasteiger partial charge >= 0.3 is 0 Å². The number of rotatable bonds is 3. The van der Waals surface area contributed by atoms with Gasteiger partial charge < -0.3 is 0 Å². The molecule has 0 bridgehead atoms. The van der Waals surface area contributed by atoms with Gasteiger partial charge in [0.25, 0.3) is 0 Å². The zero-order valence-corrected chi connectivity index (χ0v) is 11.5. The topological polar surface area (TPSA) is 37.4 Å². The van der Waals surface area contributed by atoms with Gasteiger partial charge in [-0.25, -0.2) is 8.42 Å². The van der Waals surface area contributed by atoms with Crippen molar-refractivity contribution in [3.05, 3.63) is 42.5 Å². The zero-order valence-electron chi connectivity index (χ0n) is 10.7. The van der Waals surface area contributed by atoms with E-state index in [9.17, 15) is 8.42 Å². The SMILES string of the molecule is C=C1CCCC(S(=O)(=O)N(C)c2ccccc2)C1. The fourth-order valence-corrected chi connectivity index (χ4v) is 4.14. The molecule has 3 nitrogen and oxygen atoms in total. The van der Waals surface area contributed by atoms with Crippen LogP contribution in [0.5, 0.6) is 0 Å². The second-order valence-corrected chi connectivity index (χ2v) is 7.06. The minimum Gasteiger partial charge on any atom is -0.273 e. The molecule has 2 rings (SSSR count). The molecule has 1 aliphatic rings. The van der Waals surface area contributed by atoms with Crippen LogP contribution in [0.15, 0.2) is 42.5 Å². The van der Waals surface area contributed by atoms with Crippen molar-refractivity contribution in [1.29, 1.82) is 0 Å². The second kappa shape index (κ2) is 5.14. The number of anilines is 1. The lowest BCUT2D eigenvalue weighted by Crippen LogP contribution is -2.37. The monoisotopic (exact) mass is 265 g/mol. The molecule has 98 valence electrons. The Hall–Kier alpha value is -1.29. The maximum Gasteiger partial charge on any atom is 0.238 e. The van der Waals surface area contributed by atoms with Crippen LogP contribution in [0.1, 0.15) is 25.7 Å². The Bertz CT molecular complexity index is 522. The molecule has 0 amide bonds. The van der Waals surface area contributed by atoms with Gasteiger partial charge in [0.05, 0.1) is 10.9 Å². The molecule has 1 unspecified atom stereocenters. The van der Waals surface area contributed by atoms with Gasteiger partial charge in [0.1, 0.15) is 0 Å². The highest BCUT2D eigenvalue weighted by Gasteiger charge is 2.32. The molecule has 1 aliphatic carbocycles. The van der Waals surface area contributed by atoms with E-state index in [-0.39, 0.29) is 5.25 Å². The van der Waals surface area contributed by atoms with E-state index in [1.807, 2.05) is 30.3 Å². The summed E-state index contributed by atoms with van der Waals surface area (Å²) in [5.41, 5.74) is 1.77. The molecule has 0 radical (unpaired) electrons. The molecule has 4 heteroatoms. The zero-order chi connectivity index (χ0) is 13.2. The summed E-state index contributed by atoms with van der Waals surface area (Å²) >= 11 is 0. The van der Waals surface area contributed by atoms with Gasteiger partial charge in [0.2, 0.25) is 10.0 Å². The van der Waals surface area contributed by atoms with Crippen LogP contribution in [-0.4, -0.2) is 20.7 Å². The maximum absolute atomic E-state index is 12.5. The van der Waals surface area contributed by atoms with E-state index < -0.39 is 10.0 Å². The molecule has 0 spiro atoms. The summed E-state index contributed by atoms with van der Waals surface area (Å²) in [6.07, 6.45) is 3.21. The van der Waals surface area contributed by atoms with Crippen molar-refractivity contribution in [2.75, 3.05) is 11.4 Å². The summed E-state index contributed by atoms with van der Waals surface area (Å²) < 4.78 is 26.4. The predicted molar refractivity (Wildman–Crippen MR) is 75.2 cm³/mol. The third-order valence-corrected chi connectivity index (χ3v) is 5.71. The third kappa shape index (κ3) is 2.58. The Balaban J connectivity index is 2.23. The van der Waals surface area contributed by atoms with Gasteiger partial charge in [-0.1, -0.05) is 30.4 Å². The Morgan fingerprint density at radius 3 is 2.56 bits per heavy atom. The summed E-state index contributed by atoms with van der Waals surface area (Å²) in [5.74, 6) is 0. The molecule has 1 aromatic rings. The van der Waals surface area contributed by atoms with Crippen molar-refractivity contribution in [2.45, 2.75) is 30.9 Å². The number of sulfonamides is 1. The van der Waals surface area contributed by atoms with Crippen LogP contribution in [0, 0.1) is 0 Å². The minimum atomic E-state index is -3.28. The van der Waals surface area contributed by atoms with E-state index >= 15 is 0 Å². The summed E-state index contributed by atoms with van der Waals surface area (Å²) in [7, 11) is -1.65. The first-order chi connectivity index (χ1) is 8.51. The molecule has 0 aromatic heterocycles. The fraction of sp³-hybridized carbons (Fsp3) is 0.429. The summed E-state index contributed by atoms with van der Waals surface area (Å²) in [5, 5.41) is -0.316. The normalized spacial score (nSPS) is 20.7. The molecule has 0 aliphatic heterocycles. The Morgan fingerprint density at radius 2 is 1.94 bits per heavy atom. The average molecular weight is 265 g/mol. The van der Waals surface area contributed by atoms with Gasteiger partial charge in [0.15, 0.2) is 0 Å². The minimum absolute atomic E-state index is 0.316. The first-order valence-electron chi connectivity index (χ1n) is 6.21. The van der Waals surface area contributed by atoms with Crippen molar-refractivity contribution in [3.63, 3.8) is 0 Å². The van der Waals surface area contributed by atoms with Crippen molar-refractivity contribution >= 4 is 15.7 Å². The molecule has 18 heavy (non-hydrogen) atoms. The predicted octanol–water partition coefficient (Wildman–Crippen LogP) is 2.95. The van der Waals surface area contributed by atoms with Crippen LogP contribution < -0.4 is 4.31 Å². The molecule has 0 N–H and O–H groups in total. The van der Waals surface area contributed by atoms with Crippen LogP contribution in [0.4, 0.5) is 5.69 Å². The summed E-state index contributed by atoms with van der Waals surface area (Å²) in [4.78, 5) is 0. The van der Waals surface area contributed by atoms with Crippen molar-refractivity contribution < 1.29 is 8.42 Å². The maximum atomic E-state index is 12.5. The van der Waals surface area contributed by atoms with Crippen molar-refractivity contribution in [1.82, 2.24) is 0 Å². The number of para-hydroxylation sites is 1. The molecule has 1 atom stereocenters. The second-order valence-electron chi connectivity index (χ2n) is 4.82. The quantitative estimate of drug-likeness (QED) is 0.788. The molecule has 1 saturated carbocycles. The molecule has 1 fully saturated rings. The average Bonchev–Trinajstić information content (AvgIpc) is 2.39. The van der Waals surface area contributed by atoms with Crippen LogP contribution in [0.3, 0.4) is 0 Å². The van der Waals surface area contributed by atoms with Gasteiger partial charge in [-0.3, -0.25) is 4.31 Å². The number of benzene rings is 1. The van der Waals surface area contributed by atoms with E-state index in [4.69, 9.17) is 0 Å². The van der Waals surface area contributed by atoms with Crippen molar-refractivity contribution in [2.24, 2.45) is 0 Å². The van der Waals surface area contributed by atoms with Gasteiger partial charge in [0, 0.05) is 7.05 Å². The Labute approximate surface area is 109 Å². The van der Waals surface area contributed by atoms with E-state index in [0.717, 1.165) is 24.8 Å². The molecule has 1 aromatic carbocycles. The van der Waals surface area contributed by atoms with E-state index in [1.165, 1.54) is 4.31 Å². The highest BCUT2D eigenvalue weighted by Crippen LogP contribution is 2.30. The molecule has 0 saturated heterocycles. The largest absolute Gasteiger partial charge is 0.273 e. The number of hydrogen-bond donors (Lipinski definition) is 0. The molecule has 0 heterocycles. The van der Waals surface area contributed by atoms with Crippen LogP contribution in [-0.2, 0) is 10.0 Å². The highest BCUT2D eigenvalue weighted by molar-refractivity contribution is 7.93. The van der Waals surface area contributed by atoms with Crippen molar-refractivity contribution in [3.8, 4) is 0 Å². The lowest BCUT2D eigenvalue weighted by molar-refractivity contribution is 0.538. The Morgan fingerprint density at radius 1 is 1.28 bits per heavy atom. The van der Waals surface area contributed by atoms with Gasteiger partial charge in [-0.05, 0) is 37.8 Å². The Kier molecular flexibility index (Phi) is 3.76. The third-order valence-electron chi connectivity index (χ3n) is 3.50. The number of allylic oxidation sites excluding steroid dienone is 1. The smallest absolute Gasteiger partial charge is 0.238 e. The first-order valence-corrected chi connectivity index (χ1v) is 7.71. The first kappa shape index (κ1) is 13.1. The van der Waals surface area contributed by atoms with Crippen LogP contribution in [0.25, 0.3) is 0 Å². The molecular weight excluding hydrogens is 246 g/mol. The van der Waals surface area contributed by atoms with Crippen LogP contribution >= 0.6 is 0 Å². The number of nitrogens with zero attached hydrogens (tertiary/aromatic N) is 1. The number of hydrogen-bond acceptors (Lipinski definition) is 2. The van der Waals surface area contributed by atoms with Gasteiger partial charge in [-0.15, -0.1) is 0 Å². The lowest BCUT2D eigenvalue weighted by Gasteiger charge is -2.29. The molecular formula is C14H19NO2S. The summed E-state index contributed by atoms with van der Waals surface area (Å²) in [6.45, 7) is 3.93. The lowest BCUT2D eigenvalue weighted by atomic mass is 9.96. The van der Waals surface area contributed by atoms with E-state index in [0.29, 0.717) is 12.1 Å². The highest BCUT2D eigenvalue weighted by atomic mass is 32.2. The standard InChI is InChI=1S/C14H19NO2S/c1-12-7-6-10-14(11-12)18(16,17)15(2)13-8-4-3-5-9-13/h3-5,8-9,14H,1,6-7,10-11H2,2H3. The fourth-order valence-electron chi connectivity index (χ4n) is 2.37. The van der Waals surface area contributed by atoms with E-state index in [2.05, 4.69) is 6.58 Å². The summed E-state index contributed by atoms with van der Waals surface area (Å²) in [6, 6.07) is 9.21. The van der Waals surface area contributed by atoms with E-state index in [1.54, 1.807) is 7.05 Å².